The van der Waals surface area contributed by atoms with Crippen molar-refractivity contribution in [3.05, 3.63) is 65.6 Å². The molecule has 2 aromatic heterocycles. The number of aromatic nitrogens is 3. The van der Waals surface area contributed by atoms with Gasteiger partial charge in [0, 0.05) is 12.4 Å². The van der Waals surface area contributed by atoms with E-state index in [0.717, 1.165) is 11.3 Å². The van der Waals surface area contributed by atoms with Crippen molar-refractivity contribution in [2.45, 2.75) is 13.8 Å². The molecule has 0 saturated heterocycles. The summed E-state index contributed by atoms with van der Waals surface area (Å²) in [7, 11) is 0. The van der Waals surface area contributed by atoms with Gasteiger partial charge in [-0.15, -0.1) is 0 Å². The Hall–Kier alpha value is -2.82. The Bertz CT molecular complexity index is 801. The van der Waals surface area contributed by atoms with E-state index >= 15 is 0 Å². The van der Waals surface area contributed by atoms with E-state index in [-0.39, 0.29) is 5.56 Å². The molecule has 1 N–H and O–H groups in total. The highest BCUT2D eigenvalue weighted by atomic mass is 16.4. The van der Waals surface area contributed by atoms with Crippen molar-refractivity contribution >= 4 is 5.97 Å². The summed E-state index contributed by atoms with van der Waals surface area (Å²) in [6, 6.07) is 9.65. The lowest BCUT2D eigenvalue weighted by Gasteiger charge is -2.11. The standard InChI is InChI=1S/C16H15N3O2/c1-11-5-6-13(9-12(11)2)19-15(18-7-3-4-8-18)14(10-17-19)16(20)21/h3-10H,1-2H3,(H,20,21). The molecule has 0 saturated carbocycles. The van der Waals surface area contributed by atoms with Crippen LogP contribution in [0.1, 0.15) is 21.5 Å². The molecule has 5 nitrogen and oxygen atoms in total. The van der Waals surface area contributed by atoms with Crippen molar-refractivity contribution in [2.75, 3.05) is 0 Å². The number of carboxylic acid groups (broad SMARTS) is 1. The van der Waals surface area contributed by atoms with Crippen LogP contribution in [0.2, 0.25) is 0 Å². The number of nitrogens with zero attached hydrogens (tertiary/aromatic N) is 3. The Morgan fingerprint density at radius 1 is 1.14 bits per heavy atom. The van der Waals surface area contributed by atoms with Crippen molar-refractivity contribution in [1.82, 2.24) is 14.3 Å². The van der Waals surface area contributed by atoms with Gasteiger partial charge in [0.05, 0.1) is 11.9 Å². The maximum Gasteiger partial charge on any atom is 0.341 e. The van der Waals surface area contributed by atoms with Crippen molar-refractivity contribution in [2.24, 2.45) is 0 Å². The molecular formula is C16H15N3O2. The van der Waals surface area contributed by atoms with Crippen LogP contribution >= 0.6 is 0 Å². The minimum atomic E-state index is -0.992. The highest BCUT2D eigenvalue weighted by molar-refractivity contribution is 5.91. The van der Waals surface area contributed by atoms with Crippen LogP contribution in [0.5, 0.6) is 0 Å². The Morgan fingerprint density at radius 2 is 1.86 bits per heavy atom. The van der Waals surface area contributed by atoms with Gasteiger partial charge in [-0.2, -0.15) is 5.10 Å². The normalized spacial score (nSPS) is 10.8. The molecule has 0 atom stereocenters. The van der Waals surface area contributed by atoms with Crippen molar-refractivity contribution < 1.29 is 9.90 Å². The number of aromatic carboxylic acids is 1. The molecule has 0 fully saturated rings. The minimum Gasteiger partial charge on any atom is -0.477 e. The first-order valence-corrected chi connectivity index (χ1v) is 6.60. The van der Waals surface area contributed by atoms with Gasteiger partial charge in [0.2, 0.25) is 0 Å². The summed E-state index contributed by atoms with van der Waals surface area (Å²) in [6.07, 6.45) is 4.99. The Kier molecular flexibility index (Phi) is 3.10. The lowest BCUT2D eigenvalue weighted by Crippen LogP contribution is -2.08. The largest absolute Gasteiger partial charge is 0.477 e. The van der Waals surface area contributed by atoms with Gasteiger partial charge in [0.25, 0.3) is 0 Å². The third-order valence-corrected chi connectivity index (χ3v) is 3.56. The van der Waals surface area contributed by atoms with E-state index in [2.05, 4.69) is 5.10 Å². The van der Waals surface area contributed by atoms with Gasteiger partial charge in [0.1, 0.15) is 5.56 Å². The summed E-state index contributed by atoms with van der Waals surface area (Å²) in [5, 5.41) is 13.6. The molecule has 0 spiro atoms. The molecule has 0 aliphatic heterocycles. The van der Waals surface area contributed by atoms with Crippen LogP contribution in [0.15, 0.2) is 48.9 Å². The van der Waals surface area contributed by atoms with E-state index in [1.807, 2.05) is 44.2 Å². The van der Waals surface area contributed by atoms with E-state index in [1.54, 1.807) is 21.6 Å². The zero-order valence-corrected chi connectivity index (χ0v) is 11.8. The van der Waals surface area contributed by atoms with Gasteiger partial charge in [0.15, 0.2) is 5.82 Å². The molecule has 3 rings (SSSR count). The molecule has 3 aromatic rings. The molecule has 0 radical (unpaired) electrons. The quantitative estimate of drug-likeness (QED) is 0.803. The van der Waals surface area contributed by atoms with Crippen LogP contribution in [0.4, 0.5) is 0 Å². The van der Waals surface area contributed by atoms with Gasteiger partial charge in [-0.05, 0) is 49.2 Å². The molecule has 0 amide bonds. The molecule has 0 bridgehead atoms. The topological polar surface area (TPSA) is 60.1 Å². The summed E-state index contributed by atoms with van der Waals surface area (Å²) < 4.78 is 3.40. The number of benzene rings is 1. The maximum absolute atomic E-state index is 11.4. The van der Waals surface area contributed by atoms with Gasteiger partial charge in [-0.3, -0.25) is 0 Å². The average Bonchev–Trinajstić information content (AvgIpc) is 3.09. The number of aryl methyl sites for hydroxylation is 2. The van der Waals surface area contributed by atoms with Crippen LogP contribution in [0, 0.1) is 13.8 Å². The van der Waals surface area contributed by atoms with Gasteiger partial charge in [-0.1, -0.05) is 6.07 Å². The molecule has 0 aliphatic rings. The molecule has 106 valence electrons. The lowest BCUT2D eigenvalue weighted by atomic mass is 10.1. The molecule has 2 heterocycles. The fraction of sp³-hybridized carbons (Fsp3) is 0.125. The first kappa shape index (κ1) is 13.2. The number of hydrogen-bond donors (Lipinski definition) is 1. The van der Waals surface area contributed by atoms with E-state index in [1.165, 1.54) is 11.8 Å². The minimum absolute atomic E-state index is 0.171. The summed E-state index contributed by atoms with van der Waals surface area (Å²) in [6.45, 7) is 4.06. The highest BCUT2D eigenvalue weighted by Crippen LogP contribution is 2.21. The highest BCUT2D eigenvalue weighted by Gasteiger charge is 2.19. The van der Waals surface area contributed by atoms with Gasteiger partial charge < -0.3 is 9.67 Å². The van der Waals surface area contributed by atoms with E-state index in [9.17, 15) is 9.90 Å². The molecule has 0 unspecified atom stereocenters. The van der Waals surface area contributed by atoms with Crippen LogP contribution in [0.25, 0.3) is 11.5 Å². The van der Waals surface area contributed by atoms with Crippen molar-refractivity contribution in [3.8, 4) is 11.5 Å². The molecule has 21 heavy (non-hydrogen) atoms. The number of carboxylic acids is 1. The zero-order valence-electron chi connectivity index (χ0n) is 11.8. The monoisotopic (exact) mass is 281 g/mol. The fourth-order valence-electron chi connectivity index (χ4n) is 2.26. The second kappa shape index (κ2) is 4.94. The predicted octanol–water partition coefficient (Wildman–Crippen LogP) is 2.98. The summed E-state index contributed by atoms with van der Waals surface area (Å²) >= 11 is 0. The van der Waals surface area contributed by atoms with E-state index in [0.29, 0.717) is 5.82 Å². The Balaban J connectivity index is 2.23. The van der Waals surface area contributed by atoms with Gasteiger partial charge in [-0.25, -0.2) is 9.48 Å². The SMILES string of the molecule is Cc1ccc(-n2ncc(C(=O)O)c2-n2cccc2)cc1C. The van der Waals surface area contributed by atoms with Crippen molar-refractivity contribution in [1.29, 1.82) is 0 Å². The summed E-state index contributed by atoms with van der Waals surface area (Å²) in [4.78, 5) is 11.4. The third-order valence-electron chi connectivity index (χ3n) is 3.56. The zero-order chi connectivity index (χ0) is 15.0. The Labute approximate surface area is 122 Å². The van der Waals surface area contributed by atoms with Crippen LogP contribution in [0.3, 0.4) is 0 Å². The first-order chi connectivity index (χ1) is 10.1. The smallest absolute Gasteiger partial charge is 0.341 e. The average molecular weight is 281 g/mol. The molecular weight excluding hydrogens is 266 g/mol. The molecule has 5 heteroatoms. The summed E-state index contributed by atoms with van der Waals surface area (Å²) in [5.74, 6) is -0.468. The predicted molar refractivity (Wildman–Crippen MR) is 79.3 cm³/mol. The lowest BCUT2D eigenvalue weighted by molar-refractivity contribution is 0.0697. The van der Waals surface area contributed by atoms with E-state index in [4.69, 9.17) is 0 Å². The van der Waals surface area contributed by atoms with Crippen molar-refractivity contribution in [3.63, 3.8) is 0 Å². The van der Waals surface area contributed by atoms with Crippen LogP contribution in [-0.4, -0.2) is 25.4 Å². The fourth-order valence-corrected chi connectivity index (χ4v) is 2.26. The van der Waals surface area contributed by atoms with Crippen LogP contribution < -0.4 is 0 Å². The molecule has 0 aliphatic carbocycles. The Morgan fingerprint density at radius 3 is 2.48 bits per heavy atom. The molecule has 1 aromatic carbocycles. The second-order valence-corrected chi connectivity index (χ2v) is 4.96. The first-order valence-electron chi connectivity index (χ1n) is 6.60. The maximum atomic E-state index is 11.4. The van der Waals surface area contributed by atoms with Crippen LogP contribution in [-0.2, 0) is 0 Å². The van der Waals surface area contributed by atoms with E-state index < -0.39 is 5.97 Å². The van der Waals surface area contributed by atoms with Gasteiger partial charge >= 0.3 is 5.97 Å². The second-order valence-electron chi connectivity index (χ2n) is 4.96. The number of rotatable bonds is 3. The third kappa shape index (κ3) is 2.23. The summed E-state index contributed by atoms with van der Waals surface area (Å²) in [5.41, 5.74) is 3.34. The number of hydrogen-bond acceptors (Lipinski definition) is 2. The number of carbonyl (C=O) groups is 1.